The lowest BCUT2D eigenvalue weighted by molar-refractivity contribution is 0.103. The Bertz CT molecular complexity index is 812. The summed E-state index contributed by atoms with van der Waals surface area (Å²) in [7, 11) is 0. The second-order valence-corrected chi connectivity index (χ2v) is 4.49. The van der Waals surface area contributed by atoms with Crippen LogP contribution >= 0.6 is 0 Å². The van der Waals surface area contributed by atoms with Gasteiger partial charge >= 0.3 is 0 Å². The van der Waals surface area contributed by atoms with Crippen molar-refractivity contribution in [1.82, 2.24) is 9.78 Å². The van der Waals surface area contributed by atoms with E-state index >= 15 is 0 Å². The van der Waals surface area contributed by atoms with Gasteiger partial charge in [-0.3, -0.25) is 4.79 Å². The molecule has 0 bridgehead atoms. The van der Waals surface area contributed by atoms with Crippen molar-refractivity contribution in [2.24, 2.45) is 0 Å². The first-order chi connectivity index (χ1) is 10.3. The fraction of sp³-hybridized carbons (Fsp3) is 0. The van der Waals surface area contributed by atoms with Crippen molar-refractivity contribution < 1.29 is 4.79 Å². The number of carbonyl (C=O) groups excluding carboxylic acids is 1. The zero-order valence-electron chi connectivity index (χ0n) is 11.1. The van der Waals surface area contributed by atoms with E-state index < -0.39 is 0 Å². The lowest BCUT2D eigenvalue weighted by atomic mass is 10.0. The van der Waals surface area contributed by atoms with Gasteiger partial charge in [0.05, 0.1) is 17.3 Å². The van der Waals surface area contributed by atoms with Crippen molar-refractivity contribution in [3.8, 4) is 11.8 Å². The molecule has 0 aliphatic rings. The Labute approximate surface area is 121 Å². The van der Waals surface area contributed by atoms with Crippen LogP contribution in [0.1, 0.15) is 21.5 Å². The van der Waals surface area contributed by atoms with Gasteiger partial charge in [0.15, 0.2) is 5.78 Å². The monoisotopic (exact) mass is 273 g/mol. The summed E-state index contributed by atoms with van der Waals surface area (Å²) in [5, 5.41) is 13.0. The maximum atomic E-state index is 12.6. The van der Waals surface area contributed by atoms with Gasteiger partial charge in [0.2, 0.25) is 0 Å². The van der Waals surface area contributed by atoms with E-state index in [-0.39, 0.29) is 5.78 Å². The molecule has 0 unspecified atom stereocenters. The van der Waals surface area contributed by atoms with Gasteiger partial charge in [0.25, 0.3) is 0 Å². The van der Waals surface area contributed by atoms with Crippen molar-refractivity contribution in [1.29, 1.82) is 5.26 Å². The normalized spacial score (nSPS) is 10.0. The largest absolute Gasteiger partial charge is 0.289 e. The molecule has 1 heterocycles. The third kappa shape index (κ3) is 2.45. The molecule has 21 heavy (non-hydrogen) atoms. The molecule has 0 spiro atoms. The average Bonchev–Trinajstić information content (AvgIpc) is 3.08. The van der Waals surface area contributed by atoms with Crippen LogP contribution < -0.4 is 0 Å². The predicted octanol–water partition coefficient (Wildman–Crippen LogP) is 2.97. The van der Waals surface area contributed by atoms with Gasteiger partial charge < -0.3 is 0 Å². The molecule has 4 heteroatoms. The molecule has 0 atom stereocenters. The SMILES string of the molecule is N#Cc1ccc(C(=O)c2ccccc2-n2cccn2)cc1. The molecule has 3 rings (SSSR count). The van der Waals surface area contributed by atoms with Crippen LogP contribution in [0.25, 0.3) is 5.69 Å². The molecule has 0 aliphatic heterocycles. The number of para-hydroxylation sites is 1. The molecule has 1 aromatic heterocycles. The van der Waals surface area contributed by atoms with E-state index in [1.807, 2.05) is 30.3 Å². The van der Waals surface area contributed by atoms with E-state index in [2.05, 4.69) is 5.10 Å². The zero-order valence-corrected chi connectivity index (χ0v) is 11.1. The second-order valence-electron chi connectivity index (χ2n) is 4.49. The first-order valence-corrected chi connectivity index (χ1v) is 6.43. The summed E-state index contributed by atoms with van der Waals surface area (Å²) in [5.41, 5.74) is 2.39. The molecular formula is C17H11N3O. The maximum Gasteiger partial charge on any atom is 0.195 e. The summed E-state index contributed by atoms with van der Waals surface area (Å²) in [5.74, 6) is -0.0920. The molecular weight excluding hydrogens is 262 g/mol. The van der Waals surface area contributed by atoms with E-state index in [1.165, 1.54) is 0 Å². The van der Waals surface area contributed by atoms with Crippen LogP contribution in [0.2, 0.25) is 0 Å². The minimum Gasteiger partial charge on any atom is -0.289 e. The van der Waals surface area contributed by atoms with Crippen LogP contribution in [-0.2, 0) is 0 Å². The van der Waals surface area contributed by atoms with Crippen LogP contribution in [-0.4, -0.2) is 15.6 Å². The summed E-state index contributed by atoms with van der Waals surface area (Å²) in [6.07, 6.45) is 3.47. The number of ketones is 1. The predicted molar refractivity (Wildman–Crippen MR) is 78.2 cm³/mol. The maximum absolute atomic E-state index is 12.6. The van der Waals surface area contributed by atoms with Crippen LogP contribution in [0.4, 0.5) is 0 Å². The summed E-state index contributed by atoms with van der Waals surface area (Å²) < 4.78 is 1.66. The average molecular weight is 273 g/mol. The van der Waals surface area contributed by atoms with Gasteiger partial charge in [0, 0.05) is 23.5 Å². The van der Waals surface area contributed by atoms with E-state index in [0.717, 1.165) is 5.69 Å². The van der Waals surface area contributed by atoms with E-state index in [1.54, 1.807) is 47.4 Å². The van der Waals surface area contributed by atoms with Gasteiger partial charge in [-0.25, -0.2) is 4.68 Å². The Morgan fingerprint density at radius 3 is 2.48 bits per heavy atom. The first kappa shape index (κ1) is 12.8. The molecule has 4 nitrogen and oxygen atoms in total. The lowest BCUT2D eigenvalue weighted by Gasteiger charge is -2.08. The number of rotatable bonds is 3. The van der Waals surface area contributed by atoms with Crippen LogP contribution in [0.3, 0.4) is 0 Å². The smallest absolute Gasteiger partial charge is 0.195 e. The summed E-state index contributed by atoms with van der Waals surface area (Å²) in [6.45, 7) is 0. The van der Waals surface area contributed by atoms with Crippen molar-refractivity contribution in [2.45, 2.75) is 0 Å². The summed E-state index contributed by atoms with van der Waals surface area (Å²) in [4.78, 5) is 12.6. The first-order valence-electron chi connectivity index (χ1n) is 6.43. The quantitative estimate of drug-likeness (QED) is 0.689. The lowest BCUT2D eigenvalue weighted by Crippen LogP contribution is -2.07. The minimum atomic E-state index is -0.0920. The van der Waals surface area contributed by atoms with Crippen LogP contribution in [0, 0.1) is 11.3 Å². The number of hydrogen-bond acceptors (Lipinski definition) is 3. The van der Waals surface area contributed by atoms with Gasteiger partial charge in [-0.15, -0.1) is 0 Å². The fourth-order valence-electron chi connectivity index (χ4n) is 2.13. The number of hydrogen-bond donors (Lipinski definition) is 0. The van der Waals surface area contributed by atoms with Crippen LogP contribution in [0.15, 0.2) is 67.0 Å². The van der Waals surface area contributed by atoms with Crippen molar-refractivity contribution >= 4 is 5.78 Å². The standard InChI is InChI=1S/C17H11N3O/c18-12-13-6-8-14(9-7-13)17(21)15-4-1-2-5-16(15)20-11-3-10-19-20/h1-11H. The van der Waals surface area contributed by atoms with Crippen LogP contribution in [0.5, 0.6) is 0 Å². The Balaban J connectivity index is 2.04. The van der Waals surface area contributed by atoms with Gasteiger partial charge in [-0.1, -0.05) is 12.1 Å². The minimum absolute atomic E-state index is 0.0920. The van der Waals surface area contributed by atoms with Gasteiger partial charge in [-0.2, -0.15) is 10.4 Å². The number of carbonyl (C=O) groups is 1. The number of nitriles is 1. The third-order valence-electron chi connectivity index (χ3n) is 3.18. The number of benzene rings is 2. The van der Waals surface area contributed by atoms with E-state index in [9.17, 15) is 4.79 Å². The van der Waals surface area contributed by atoms with Gasteiger partial charge in [-0.05, 0) is 42.5 Å². The second kappa shape index (κ2) is 5.43. The van der Waals surface area contributed by atoms with E-state index in [4.69, 9.17) is 5.26 Å². The molecule has 2 aromatic carbocycles. The Morgan fingerprint density at radius 2 is 1.81 bits per heavy atom. The molecule has 100 valence electrons. The fourth-order valence-corrected chi connectivity index (χ4v) is 2.13. The molecule has 3 aromatic rings. The molecule has 0 saturated carbocycles. The zero-order chi connectivity index (χ0) is 14.7. The molecule has 0 amide bonds. The third-order valence-corrected chi connectivity index (χ3v) is 3.18. The topological polar surface area (TPSA) is 58.7 Å². The highest BCUT2D eigenvalue weighted by Crippen LogP contribution is 2.18. The van der Waals surface area contributed by atoms with Crippen molar-refractivity contribution in [3.63, 3.8) is 0 Å². The molecule has 0 saturated heterocycles. The van der Waals surface area contributed by atoms with Crippen molar-refractivity contribution in [2.75, 3.05) is 0 Å². The summed E-state index contributed by atoms with van der Waals surface area (Å²) >= 11 is 0. The highest BCUT2D eigenvalue weighted by atomic mass is 16.1. The van der Waals surface area contributed by atoms with Crippen molar-refractivity contribution in [3.05, 3.63) is 83.7 Å². The highest BCUT2D eigenvalue weighted by Gasteiger charge is 2.14. The Morgan fingerprint density at radius 1 is 1.05 bits per heavy atom. The van der Waals surface area contributed by atoms with Gasteiger partial charge in [0.1, 0.15) is 0 Å². The molecule has 0 N–H and O–H groups in total. The Kier molecular flexibility index (Phi) is 3.32. The summed E-state index contributed by atoms with van der Waals surface area (Å²) in [6, 6.07) is 17.8. The molecule has 0 fully saturated rings. The molecule has 0 aliphatic carbocycles. The van der Waals surface area contributed by atoms with E-state index in [0.29, 0.717) is 16.7 Å². The highest BCUT2D eigenvalue weighted by molar-refractivity contribution is 6.11. The Hall–Kier alpha value is -3.19. The number of nitrogens with zero attached hydrogens (tertiary/aromatic N) is 3. The molecule has 0 radical (unpaired) electrons. The number of aromatic nitrogens is 2.